The first-order chi connectivity index (χ1) is 10.4. The van der Waals surface area contributed by atoms with Gasteiger partial charge in [0.05, 0.1) is 0 Å². The van der Waals surface area contributed by atoms with Crippen LogP contribution in [-0.4, -0.2) is 34.3 Å². The van der Waals surface area contributed by atoms with Crippen molar-refractivity contribution in [3.63, 3.8) is 0 Å². The Labute approximate surface area is 132 Å². The number of hydrogen-bond donors (Lipinski definition) is 1. The summed E-state index contributed by atoms with van der Waals surface area (Å²) >= 11 is 0. The van der Waals surface area contributed by atoms with E-state index >= 15 is 0 Å². The lowest BCUT2D eigenvalue weighted by atomic mass is 9.74. The van der Waals surface area contributed by atoms with E-state index in [1.54, 1.807) is 6.07 Å². The summed E-state index contributed by atoms with van der Waals surface area (Å²) in [5, 5.41) is 10.3. The highest BCUT2D eigenvalue weighted by Crippen LogP contribution is 2.44. The van der Waals surface area contributed by atoms with Gasteiger partial charge >= 0.3 is 6.09 Å². The molecule has 1 amide bonds. The lowest BCUT2D eigenvalue weighted by Gasteiger charge is -2.45. The van der Waals surface area contributed by atoms with E-state index in [2.05, 4.69) is 6.07 Å². The van der Waals surface area contributed by atoms with Crippen LogP contribution in [0.5, 0.6) is 5.75 Å². The molecule has 22 heavy (non-hydrogen) atoms. The maximum absolute atomic E-state index is 12.5. The number of aromatic hydroxyl groups is 1. The molecule has 3 rings (SSSR count). The van der Waals surface area contributed by atoms with Crippen molar-refractivity contribution in [2.75, 3.05) is 6.54 Å². The number of piperidine rings is 1. The molecule has 120 valence electrons. The number of carbonyl (C=O) groups is 1. The van der Waals surface area contributed by atoms with Gasteiger partial charge in [-0.1, -0.05) is 12.1 Å². The Balaban J connectivity index is 1.87. The molecule has 1 unspecified atom stereocenters. The minimum atomic E-state index is -0.473. The predicted molar refractivity (Wildman–Crippen MR) is 85.1 cm³/mol. The van der Waals surface area contributed by atoms with Crippen molar-refractivity contribution in [2.45, 2.75) is 64.0 Å². The molecule has 1 N–H and O–H groups in total. The zero-order valence-corrected chi connectivity index (χ0v) is 13.6. The molecule has 0 aromatic heterocycles. The number of phenols is 1. The molecule has 1 aliphatic carbocycles. The van der Waals surface area contributed by atoms with E-state index in [0.29, 0.717) is 5.75 Å². The first-order valence-electron chi connectivity index (χ1n) is 8.17. The van der Waals surface area contributed by atoms with E-state index in [1.165, 1.54) is 5.56 Å². The molecule has 2 aliphatic rings. The Morgan fingerprint density at radius 1 is 1.32 bits per heavy atom. The van der Waals surface area contributed by atoms with Gasteiger partial charge in [0.15, 0.2) is 0 Å². The second-order valence-electron chi connectivity index (χ2n) is 7.38. The van der Waals surface area contributed by atoms with E-state index in [4.69, 9.17) is 4.74 Å². The van der Waals surface area contributed by atoms with Crippen molar-refractivity contribution in [1.29, 1.82) is 0 Å². The van der Waals surface area contributed by atoms with Crippen molar-refractivity contribution in [3.05, 3.63) is 29.3 Å². The third kappa shape index (κ3) is 2.79. The average Bonchev–Trinajstić information content (AvgIpc) is 2.44. The number of phenolic OH excluding ortho intramolecular Hbond substituents is 1. The summed E-state index contributed by atoms with van der Waals surface area (Å²) < 4.78 is 5.57. The average molecular weight is 303 g/mol. The fraction of sp³-hybridized carbons (Fsp3) is 0.611. The van der Waals surface area contributed by atoms with Crippen LogP contribution in [0, 0.1) is 0 Å². The van der Waals surface area contributed by atoms with Crippen molar-refractivity contribution >= 4 is 6.09 Å². The minimum Gasteiger partial charge on any atom is -0.508 e. The highest BCUT2D eigenvalue weighted by molar-refractivity contribution is 5.69. The molecule has 1 aromatic carbocycles. The largest absolute Gasteiger partial charge is 0.508 e. The van der Waals surface area contributed by atoms with E-state index in [9.17, 15) is 9.90 Å². The third-order valence-corrected chi connectivity index (χ3v) is 4.66. The number of rotatable bonds is 0. The van der Waals surface area contributed by atoms with Crippen LogP contribution in [0.4, 0.5) is 4.79 Å². The molecule has 1 aromatic rings. The maximum Gasteiger partial charge on any atom is 0.410 e. The Kier molecular flexibility index (Phi) is 3.79. The molecule has 2 atom stereocenters. The molecule has 4 nitrogen and oxygen atoms in total. The molecule has 0 spiro atoms. The molecule has 4 heteroatoms. The lowest BCUT2D eigenvalue weighted by molar-refractivity contribution is 0.00404. The zero-order valence-electron chi connectivity index (χ0n) is 13.6. The first kappa shape index (κ1) is 15.2. The number of aryl methyl sites for hydroxylation is 1. The number of benzene rings is 1. The van der Waals surface area contributed by atoms with Crippen molar-refractivity contribution in [3.8, 4) is 5.75 Å². The Bertz CT molecular complexity index is 576. The van der Waals surface area contributed by atoms with Gasteiger partial charge in [-0.2, -0.15) is 0 Å². The van der Waals surface area contributed by atoms with Crippen LogP contribution < -0.4 is 0 Å². The van der Waals surface area contributed by atoms with Gasteiger partial charge in [-0.3, -0.25) is 0 Å². The molecule has 1 aliphatic heterocycles. The second kappa shape index (κ2) is 5.49. The van der Waals surface area contributed by atoms with Crippen LogP contribution in [-0.2, 0) is 11.2 Å². The van der Waals surface area contributed by atoms with E-state index in [1.807, 2.05) is 31.7 Å². The summed E-state index contributed by atoms with van der Waals surface area (Å²) in [6.45, 7) is 6.44. The second-order valence-corrected chi connectivity index (χ2v) is 7.38. The topological polar surface area (TPSA) is 49.8 Å². The van der Waals surface area contributed by atoms with E-state index < -0.39 is 5.60 Å². The maximum atomic E-state index is 12.5. The van der Waals surface area contributed by atoms with Gasteiger partial charge in [-0.15, -0.1) is 0 Å². The van der Waals surface area contributed by atoms with Crippen LogP contribution in [0.25, 0.3) is 0 Å². The summed E-state index contributed by atoms with van der Waals surface area (Å²) in [4.78, 5) is 14.4. The summed E-state index contributed by atoms with van der Waals surface area (Å²) in [6.07, 6.45) is 3.61. The molecule has 0 saturated carbocycles. The van der Waals surface area contributed by atoms with Crippen molar-refractivity contribution in [1.82, 2.24) is 4.90 Å². The fourth-order valence-electron chi connectivity index (χ4n) is 3.85. The monoisotopic (exact) mass is 303 g/mol. The molecule has 1 heterocycles. The Morgan fingerprint density at radius 3 is 2.82 bits per heavy atom. The van der Waals surface area contributed by atoms with Crippen molar-refractivity contribution in [2.24, 2.45) is 0 Å². The molecule has 0 radical (unpaired) electrons. The Morgan fingerprint density at radius 2 is 2.09 bits per heavy atom. The molecular formula is C18H25NO3. The van der Waals surface area contributed by atoms with Crippen LogP contribution in [0.3, 0.4) is 0 Å². The fourth-order valence-corrected chi connectivity index (χ4v) is 3.85. The van der Waals surface area contributed by atoms with Gasteiger partial charge in [-0.25, -0.2) is 4.79 Å². The minimum absolute atomic E-state index is 0.143. The van der Waals surface area contributed by atoms with E-state index in [0.717, 1.165) is 37.8 Å². The van der Waals surface area contributed by atoms with E-state index in [-0.39, 0.29) is 18.1 Å². The number of hydrogen-bond acceptors (Lipinski definition) is 3. The highest BCUT2D eigenvalue weighted by Gasteiger charge is 2.40. The normalized spacial score (nSPS) is 24.4. The number of likely N-dealkylation sites (tertiary alicyclic amines) is 1. The van der Waals surface area contributed by atoms with Gasteiger partial charge in [0.2, 0.25) is 0 Å². The van der Waals surface area contributed by atoms with Crippen molar-refractivity contribution < 1.29 is 14.6 Å². The summed E-state index contributed by atoms with van der Waals surface area (Å²) in [5.74, 6) is 0.601. The molecule has 1 fully saturated rings. The van der Waals surface area contributed by atoms with Gasteiger partial charge < -0.3 is 14.7 Å². The summed E-state index contributed by atoms with van der Waals surface area (Å²) in [7, 11) is 0. The quantitative estimate of drug-likeness (QED) is 0.792. The summed E-state index contributed by atoms with van der Waals surface area (Å²) in [6, 6.07) is 5.90. The standard InChI is InChI=1S/C18H25NO3/c1-18(2,3)22-17(21)19-11-5-7-13-14(19)10-9-12-6-4-8-15(20)16(12)13/h4,6,8,13-14,20H,5,7,9-11H2,1-3H3/t13?,14-/m0/s1. The van der Waals surface area contributed by atoms with Gasteiger partial charge in [0.25, 0.3) is 0 Å². The number of nitrogens with zero attached hydrogens (tertiary/aromatic N) is 1. The van der Waals surface area contributed by atoms with Gasteiger partial charge in [0, 0.05) is 24.1 Å². The summed E-state index contributed by atoms with van der Waals surface area (Å²) in [5.41, 5.74) is 1.80. The van der Waals surface area contributed by atoms with Gasteiger partial charge in [0.1, 0.15) is 11.4 Å². The SMILES string of the molecule is CC(C)(C)OC(=O)N1CCCC2c3c(O)cccc3CC[C@@H]21. The molecule has 0 bridgehead atoms. The zero-order chi connectivity index (χ0) is 15.9. The lowest BCUT2D eigenvalue weighted by Crippen LogP contribution is -2.50. The number of fused-ring (bicyclic) bond motifs is 3. The molecule has 1 saturated heterocycles. The number of amides is 1. The first-order valence-corrected chi connectivity index (χ1v) is 8.17. The van der Waals surface area contributed by atoms with Crippen LogP contribution in [0.2, 0.25) is 0 Å². The van der Waals surface area contributed by atoms with Crippen LogP contribution in [0.1, 0.15) is 57.1 Å². The predicted octanol–water partition coefficient (Wildman–Crippen LogP) is 3.82. The van der Waals surface area contributed by atoms with Crippen LogP contribution >= 0.6 is 0 Å². The highest BCUT2D eigenvalue weighted by atomic mass is 16.6. The van der Waals surface area contributed by atoms with Gasteiger partial charge in [-0.05, 0) is 58.1 Å². The van der Waals surface area contributed by atoms with Crippen LogP contribution in [0.15, 0.2) is 18.2 Å². The number of carbonyl (C=O) groups excluding carboxylic acids is 1. The number of ether oxygens (including phenoxy) is 1. The Hall–Kier alpha value is -1.71. The third-order valence-electron chi connectivity index (χ3n) is 4.66. The molecular weight excluding hydrogens is 278 g/mol. The smallest absolute Gasteiger partial charge is 0.410 e.